The van der Waals surface area contributed by atoms with E-state index in [2.05, 4.69) is 28.2 Å². The van der Waals surface area contributed by atoms with Crippen molar-refractivity contribution in [3.05, 3.63) is 23.9 Å². The number of pyridine rings is 1. The van der Waals surface area contributed by atoms with Crippen LogP contribution in [-0.4, -0.2) is 36.1 Å². The summed E-state index contributed by atoms with van der Waals surface area (Å²) >= 11 is 0. The van der Waals surface area contributed by atoms with E-state index in [1.165, 1.54) is 31.2 Å². The van der Waals surface area contributed by atoms with E-state index in [9.17, 15) is 0 Å². The van der Waals surface area contributed by atoms with Gasteiger partial charge >= 0.3 is 0 Å². The number of nitrogens with one attached hydrogen (secondary N) is 1. The van der Waals surface area contributed by atoms with Gasteiger partial charge in [-0.1, -0.05) is 32.3 Å². The van der Waals surface area contributed by atoms with Crippen molar-refractivity contribution < 1.29 is 0 Å². The number of unbranched alkanes of at least 4 members (excludes halogenated alkanes) is 2. The number of nitrogen functional groups attached to an aromatic ring is 1. The van der Waals surface area contributed by atoms with Crippen molar-refractivity contribution in [3.8, 4) is 0 Å². The second-order valence-corrected chi connectivity index (χ2v) is 5.28. The summed E-state index contributed by atoms with van der Waals surface area (Å²) in [6, 6.07) is 4.57. The van der Waals surface area contributed by atoms with Gasteiger partial charge in [-0.15, -0.1) is 24.8 Å². The molecular weight excluding hydrogens is 307 g/mol. The van der Waals surface area contributed by atoms with Gasteiger partial charge < -0.3 is 11.1 Å². The summed E-state index contributed by atoms with van der Waals surface area (Å²) in [5, 5.41) is 3.41. The third-order valence-electron chi connectivity index (χ3n) is 3.90. The number of rotatable bonds is 6. The van der Waals surface area contributed by atoms with Crippen LogP contribution in [-0.2, 0) is 0 Å². The smallest absolute Gasteiger partial charge is 0.128 e. The first-order valence-electron chi connectivity index (χ1n) is 7.48. The molecule has 3 N–H and O–H groups in total. The molecule has 1 fully saturated rings. The highest BCUT2D eigenvalue weighted by molar-refractivity contribution is 5.85. The van der Waals surface area contributed by atoms with Crippen molar-refractivity contribution in [3.63, 3.8) is 0 Å². The van der Waals surface area contributed by atoms with E-state index in [4.69, 9.17) is 5.73 Å². The van der Waals surface area contributed by atoms with E-state index < -0.39 is 0 Å². The highest BCUT2D eigenvalue weighted by atomic mass is 35.5. The number of anilines is 1. The Bertz CT molecular complexity index is 384. The normalized spacial score (nSPS) is 16.6. The molecule has 0 aromatic carbocycles. The molecule has 1 aliphatic heterocycles. The van der Waals surface area contributed by atoms with Gasteiger partial charge in [-0.3, -0.25) is 4.90 Å². The zero-order valence-electron chi connectivity index (χ0n) is 12.8. The first kappa shape index (κ1) is 20.5. The molecule has 122 valence electrons. The number of aromatic nitrogens is 1. The molecule has 1 aliphatic rings. The molecule has 0 spiro atoms. The Morgan fingerprint density at radius 1 is 1.29 bits per heavy atom. The number of nitrogens with zero attached hydrogens (tertiary/aromatic N) is 2. The second-order valence-electron chi connectivity index (χ2n) is 5.28. The Morgan fingerprint density at radius 3 is 2.62 bits per heavy atom. The second kappa shape index (κ2) is 11.1. The maximum atomic E-state index is 6.08. The molecule has 4 nitrogen and oxygen atoms in total. The minimum absolute atomic E-state index is 0. The van der Waals surface area contributed by atoms with E-state index in [0.717, 1.165) is 26.2 Å². The SMILES string of the molecule is CCCCC[C@H](c1cccnc1N)N1CCNCC1.Cl.Cl. The molecule has 2 heterocycles. The van der Waals surface area contributed by atoms with Gasteiger partial charge in [-0.2, -0.15) is 0 Å². The van der Waals surface area contributed by atoms with Gasteiger partial charge in [0.05, 0.1) is 0 Å². The average molecular weight is 335 g/mol. The highest BCUT2D eigenvalue weighted by Crippen LogP contribution is 2.29. The lowest BCUT2D eigenvalue weighted by Gasteiger charge is -2.35. The number of piperazine rings is 1. The minimum Gasteiger partial charge on any atom is -0.383 e. The molecule has 1 atom stereocenters. The van der Waals surface area contributed by atoms with Crippen LogP contribution in [0.1, 0.15) is 44.2 Å². The molecule has 0 aliphatic carbocycles. The van der Waals surface area contributed by atoms with Crippen LogP contribution < -0.4 is 11.1 Å². The van der Waals surface area contributed by atoms with Crippen LogP contribution in [0.2, 0.25) is 0 Å². The molecule has 0 radical (unpaired) electrons. The van der Waals surface area contributed by atoms with Crippen LogP contribution in [0.3, 0.4) is 0 Å². The molecule has 21 heavy (non-hydrogen) atoms. The maximum Gasteiger partial charge on any atom is 0.128 e. The molecule has 0 amide bonds. The summed E-state index contributed by atoms with van der Waals surface area (Å²) in [5.74, 6) is 0.697. The van der Waals surface area contributed by atoms with E-state index in [1.807, 2.05) is 6.07 Å². The summed E-state index contributed by atoms with van der Waals surface area (Å²) in [6.07, 6.45) is 6.78. The number of hydrogen-bond acceptors (Lipinski definition) is 4. The fourth-order valence-corrected chi connectivity index (χ4v) is 2.83. The van der Waals surface area contributed by atoms with Gasteiger partial charge in [0.1, 0.15) is 5.82 Å². The van der Waals surface area contributed by atoms with Crippen LogP contribution in [0, 0.1) is 0 Å². The predicted molar refractivity (Wildman–Crippen MR) is 94.5 cm³/mol. The Labute approximate surface area is 140 Å². The quantitative estimate of drug-likeness (QED) is 0.785. The van der Waals surface area contributed by atoms with Crippen LogP contribution in [0.4, 0.5) is 5.82 Å². The topological polar surface area (TPSA) is 54.2 Å². The summed E-state index contributed by atoms with van der Waals surface area (Å²) in [5.41, 5.74) is 7.29. The van der Waals surface area contributed by atoms with Crippen molar-refractivity contribution in [2.24, 2.45) is 0 Å². The third-order valence-corrected chi connectivity index (χ3v) is 3.90. The molecule has 0 saturated carbocycles. The van der Waals surface area contributed by atoms with Gasteiger partial charge in [0.15, 0.2) is 0 Å². The van der Waals surface area contributed by atoms with Crippen molar-refractivity contribution in [1.29, 1.82) is 0 Å². The van der Waals surface area contributed by atoms with Gasteiger partial charge in [0.2, 0.25) is 0 Å². The Kier molecular flexibility index (Phi) is 10.8. The van der Waals surface area contributed by atoms with Crippen molar-refractivity contribution >= 4 is 30.6 Å². The van der Waals surface area contributed by atoms with E-state index in [0.29, 0.717) is 11.9 Å². The highest BCUT2D eigenvalue weighted by Gasteiger charge is 2.23. The Balaban J connectivity index is 0.00000200. The molecule has 1 aromatic rings. The predicted octanol–water partition coefficient (Wildman–Crippen LogP) is 3.03. The average Bonchev–Trinajstić information content (AvgIpc) is 2.46. The van der Waals surface area contributed by atoms with E-state index in [1.54, 1.807) is 6.20 Å². The van der Waals surface area contributed by atoms with Crippen LogP contribution >= 0.6 is 24.8 Å². The lowest BCUT2D eigenvalue weighted by atomic mass is 9.98. The summed E-state index contributed by atoms with van der Waals surface area (Å²) < 4.78 is 0. The van der Waals surface area contributed by atoms with Crippen LogP contribution in [0.15, 0.2) is 18.3 Å². The van der Waals surface area contributed by atoms with Crippen molar-refractivity contribution in [2.75, 3.05) is 31.9 Å². The fourth-order valence-electron chi connectivity index (χ4n) is 2.83. The van der Waals surface area contributed by atoms with Crippen molar-refractivity contribution in [2.45, 2.75) is 38.6 Å². The largest absolute Gasteiger partial charge is 0.383 e. The van der Waals surface area contributed by atoms with Gasteiger partial charge in [0, 0.05) is 44.0 Å². The summed E-state index contributed by atoms with van der Waals surface area (Å²) in [7, 11) is 0. The molecular formula is C15H28Cl2N4. The van der Waals surface area contributed by atoms with Gasteiger partial charge in [-0.25, -0.2) is 4.98 Å². The standard InChI is InChI=1S/C15H26N4.2ClH/c1-2-3-4-7-14(19-11-9-17-10-12-19)13-6-5-8-18-15(13)16;;/h5-6,8,14,17H,2-4,7,9-12H2,1H3,(H2,16,18);2*1H/t14-;;/m1../s1. The first-order chi connectivity index (χ1) is 9.33. The molecule has 0 bridgehead atoms. The first-order valence-corrected chi connectivity index (χ1v) is 7.48. The van der Waals surface area contributed by atoms with Gasteiger partial charge in [0.25, 0.3) is 0 Å². The Morgan fingerprint density at radius 2 is 2.00 bits per heavy atom. The van der Waals surface area contributed by atoms with Crippen molar-refractivity contribution in [1.82, 2.24) is 15.2 Å². The Hall–Kier alpha value is -0.550. The number of halogens is 2. The van der Waals surface area contributed by atoms with E-state index >= 15 is 0 Å². The fraction of sp³-hybridized carbons (Fsp3) is 0.667. The zero-order valence-corrected chi connectivity index (χ0v) is 14.4. The molecule has 6 heteroatoms. The van der Waals surface area contributed by atoms with E-state index in [-0.39, 0.29) is 24.8 Å². The zero-order chi connectivity index (χ0) is 13.5. The van der Waals surface area contributed by atoms with Crippen LogP contribution in [0.5, 0.6) is 0 Å². The molecule has 0 unspecified atom stereocenters. The molecule has 2 rings (SSSR count). The lowest BCUT2D eigenvalue weighted by molar-refractivity contribution is 0.163. The van der Waals surface area contributed by atoms with Gasteiger partial charge in [-0.05, 0) is 12.5 Å². The molecule has 1 saturated heterocycles. The lowest BCUT2D eigenvalue weighted by Crippen LogP contribution is -2.45. The monoisotopic (exact) mass is 334 g/mol. The summed E-state index contributed by atoms with van der Waals surface area (Å²) in [4.78, 5) is 6.81. The maximum absolute atomic E-state index is 6.08. The molecule has 1 aromatic heterocycles. The number of nitrogens with two attached hydrogens (primary N) is 1. The minimum atomic E-state index is 0. The number of hydrogen-bond donors (Lipinski definition) is 2. The van der Waals surface area contributed by atoms with Crippen LogP contribution in [0.25, 0.3) is 0 Å². The summed E-state index contributed by atoms with van der Waals surface area (Å²) in [6.45, 7) is 6.60. The third kappa shape index (κ3) is 5.99.